The van der Waals surface area contributed by atoms with Crippen LogP contribution in [-0.4, -0.2) is 102 Å². The number of benzene rings is 1. The molecule has 1 aliphatic heterocycles. The van der Waals surface area contributed by atoms with E-state index in [4.69, 9.17) is 9.47 Å². The van der Waals surface area contributed by atoms with Gasteiger partial charge < -0.3 is 24.6 Å². The van der Waals surface area contributed by atoms with Crippen LogP contribution in [0.1, 0.15) is 117 Å². The highest BCUT2D eigenvalue weighted by atomic mass is 32.1. The molecule has 0 aliphatic carbocycles. The van der Waals surface area contributed by atoms with Gasteiger partial charge in [0.05, 0.1) is 41.3 Å². The largest absolute Gasteiger partial charge is 0.379 e. The van der Waals surface area contributed by atoms with Crippen LogP contribution in [0.2, 0.25) is 0 Å². The van der Waals surface area contributed by atoms with E-state index in [0.29, 0.717) is 19.4 Å². The first-order valence-corrected chi connectivity index (χ1v) is 21.2. The van der Waals surface area contributed by atoms with Crippen molar-refractivity contribution < 1.29 is 28.7 Å². The maximum atomic E-state index is 14.3. The maximum absolute atomic E-state index is 14.3. The molecule has 0 bridgehead atoms. The predicted octanol–water partition coefficient (Wildman–Crippen LogP) is 7.36. The Labute approximate surface area is 335 Å². The molecule has 1 N–H and O–H groups in total. The zero-order chi connectivity index (χ0) is 41.0. The number of carbonyl (C=O) groups is 4. The summed E-state index contributed by atoms with van der Waals surface area (Å²) in [5.41, 5.74) is 0.392. The number of hydrogen-bond acceptors (Lipinski definition) is 9. The Bertz CT molecular complexity index is 1500. The van der Waals surface area contributed by atoms with Gasteiger partial charge in [-0.15, -0.1) is 11.3 Å². The Hall–Kier alpha value is -2.99. The lowest BCUT2D eigenvalue weighted by Crippen LogP contribution is -2.55. The maximum Gasteiger partial charge on any atom is 0.226 e. The van der Waals surface area contributed by atoms with Gasteiger partial charge in [0.25, 0.3) is 0 Å². The van der Waals surface area contributed by atoms with Gasteiger partial charge in [0.1, 0.15) is 5.78 Å². The first kappa shape index (κ1) is 46.4. The summed E-state index contributed by atoms with van der Waals surface area (Å²) in [6, 6.07) is 9.65. The second kappa shape index (κ2) is 21.5. The number of aromatic nitrogens is 1. The number of carbonyl (C=O) groups excluding carboxylic acids is 4. The number of nitrogens with zero attached hydrogens (tertiary/aromatic N) is 3. The molecule has 2 heterocycles. The second-order valence-corrected chi connectivity index (χ2v) is 17.8. The van der Waals surface area contributed by atoms with Gasteiger partial charge in [0.15, 0.2) is 5.78 Å². The number of rotatable bonds is 23. The van der Waals surface area contributed by atoms with Crippen LogP contribution >= 0.6 is 11.3 Å². The molecule has 1 aliphatic rings. The van der Waals surface area contributed by atoms with Crippen LogP contribution in [0.3, 0.4) is 0 Å². The SMILES string of the molecule is CC[C@H](C)[C@@H]([C@@H](CC(=O)N1CCC[C@H]1[C@H](OC)[C@@H](C)C(=O)C[C@@H](Cc1ccccc1)c1nccs1)OC)N(C)C(=O)[C@@H](CC(=O)C(C)(C)NC(C)C)C(C)C. The highest BCUT2D eigenvalue weighted by Gasteiger charge is 2.43. The number of thiazole rings is 1. The standard InChI is InChI=1S/C44H70N4O6S/c1-13-30(6)40(47(10)43(52)34(28(2)3)26-38(50)44(8,9)46-29(4)5)37(53-11)27-39(51)48-22-17-20-35(48)41(54-12)31(7)36(49)25-33(42-45-21-23-55-42)24-32-18-15-14-16-19-32/h14-16,18-19,21,23,28-31,33-35,37,40-41,46H,13,17,20,22,24-27H2,1-12H3/t30-,31-,33+,34-,35-,37+,40-,41+/m0/s1. The smallest absolute Gasteiger partial charge is 0.226 e. The van der Waals surface area contributed by atoms with Crippen molar-refractivity contribution in [3.05, 3.63) is 52.5 Å². The minimum Gasteiger partial charge on any atom is -0.379 e. The molecular formula is C44H70N4O6S. The third-order valence-electron chi connectivity index (χ3n) is 11.8. The number of amides is 2. The average Bonchev–Trinajstić information content (AvgIpc) is 3.86. The zero-order valence-electron chi connectivity index (χ0n) is 35.7. The van der Waals surface area contributed by atoms with Crippen LogP contribution in [0.5, 0.6) is 0 Å². The van der Waals surface area contributed by atoms with Crippen LogP contribution < -0.4 is 5.32 Å². The molecule has 1 fully saturated rings. The Morgan fingerprint density at radius 2 is 1.67 bits per heavy atom. The summed E-state index contributed by atoms with van der Waals surface area (Å²) < 4.78 is 12.2. The van der Waals surface area contributed by atoms with Gasteiger partial charge in [-0.3, -0.25) is 19.2 Å². The summed E-state index contributed by atoms with van der Waals surface area (Å²) in [7, 11) is 5.02. The molecule has 11 heteroatoms. The van der Waals surface area contributed by atoms with Gasteiger partial charge in [0.2, 0.25) is 11.8 Å². The van der Waals surface area contributed by atoms with Gasteiger partial charge in [-0.1, -0.05) is 71.4 Å². The fraction of sp³-hybridized carbons (Fsp3) is 0.705. The molecule has 8 atom stereocenters. The van der Waals surface area contributed by atoms with Gasteiger partial charge in [0, 0.05) is 76.0 Å². The number of ether oxygens (including phenoxy) is 2. The molecule has 2 aromatic rings. The third kappa shape index (κ3) is 12.5. The summed E-state index contributed by atoms with van der Waals surface area (Å²) in [5, 5.41) is 6.23. The van der Waals surface area contributed by atoms with E-state index in [1.54, 1.807) is 43.7 Å². The number of ketones is 2. The molecule has 0 saturated carbocycles. The summed E-state index contributed by atoms with van der Waals surface area (Å²) in [4.78, 5) is 64.4. The number of nitrogens with one attached hydrogen (secondary N) is 1. The molecule has 308 valence electrons. The normalized spacial score (nSPS) is 18.8. The molecular weight excluding hydrogens is 713 g/mol. The summed E-state index contributed by atoms with van der Waals surface area (Å²) in [6.45, 7) is 18.4. The van der Waals surface area contributed by atoms with Gasteiger partial charge in [-0.2, -0.15) is 0 Å². The molecule has 0 radical (unpaired) electrons. The van der Waals surface area contributed by atoms with Crippen molar-refractivity contribution >= 4 is 34.7 Å². The van der Waals surface area contributed by atoms with E-state index in [2.05, 4.69) is 36.3 Å². The lowest BCUT2D eigenvalue weighted by Gasteiger charge is -2.41. The van der Waals surface area contributed by atoms with Crippen molar-refractivity contribution in [2.45, 2.75) is 149 Å². The minimum atomic E-state index is -0.767. The van der Waals surface area contributed by atoms with E-state index in [0.717, 1.165) is 29.8 Å². The van der Waals surface area contributed by atoms with E-state index in [1.165, 1.54) is 0 Å². The molecule has 0 spiro atoms. The Kier molecular flexibility index (Phi) is 18.1. The number of hydrogen-bond donors (Lipinski definition) is 1. The second-order valence-electron chi connectivity index (χ2n) is 16.9. The van der Waals surface area contributed by atoms with Crippen LogP contribution in [0, 0.1) is 23.7 Å². The highest BCUT2D eigenvalue weighted by molar-refractivity contribution is 7.09. The van der Waals surface area contributed by atoms with E-state index < -0.39 is 35.6 Å². The first-order valence-electron chi connectivity index (χ1n) is 20.4. The van der Waals surface area contributed by atoms with Crippen molar-refractivity contribution in [3.8, 4) is 0 Å². The summed E-state index contributed by atoms with van der Waals surface area (Å²) in [6.07, 6.45) is 4.32. The molecule has 0 unspecified atom stereocenters. The molecule has 1 aromatic heterocycles. The molecule has 55 heavy (non-hydrogen) atoms. The van der Waals surface area contributed by atoms with Gasteiger partial charge in [-0.05, 0) is 64.4 Å². The van der Waals surface area contributed by atoms with Crippen molar-refractivity contribution in [2.75, 3.05) is 27.8 Å². The van der Waals surface area contributed by atoms with Crippen molar-refractivity contribution in [3.63, 3.8) is 0 Å². The highest BCUT2D eigenvalue weighted by Crippen LogP contribution is 2.33. The lowest BCUT2D eigenvalue weighted by atomic mass is 9.82. The Morgan fingerprint density at radius 1 is 1.00 bits per heavy atom. The van der Waals surface area contributed by atoms with Crippen LogP contribution in [0.4, 0.5) is 0 Å². The number of methoxy groups -OCH3 is 2. The lowest BCUT2D eigenvalue weighted by molar-refractivity contribution is -0.149. The molecule has 3 rings (SSSR count). The predicted molar refractivity (Wildman–Crippen MR) is 221 cm³/mol. The number of likely N-dealkylation sites (N-methyl/N-ethyl adjacent to an activating group) is 1. The summed E-state index contributed by atoms with van der Waals surface area (Å²) >= 11 is 1.57. The average molecular weight is 783 g/mol. The zero-order valence-corrected chi connectivity index (χ0v) is 36.5. The Morgan fingerprint density at radius 3 is 2.22 bits per heavy atom. The number of likely N-dealkylation sites (tertiary alicyclic amines) is 1. The molecule has 10 nitrogen and oxygen atoms in total. The Balaban J connectivity index is 1.78. The van der Waals surface area contributed by atoms with Crippen molar-refractivity contribution in [2.24, 2.45) is 23.7 Å². The van der Waals surface area contributed by atoms with Crippen molar-refractivity contribution in [1.29, 1.82) is 0 Å². The molecule has 2 amide bonds. The number of Topliss-reactive ketones (excluding diaryl/α,β-unsaturated/α-hetero) is 2. The monoisotopic (exact) mass is 783 g/mol. The van der Waals surface area contributed by atoms with Crippen molar-refractivity contribution in [1.82, 2.24) is 20.1 Å². The first-order chi connectivity index (χ1) is 26.0. The third-order valence-corrected chi connectivity index (χ3v) is 12.7. The fourth-order valence-electron chi connectivity index (χ4n) is 8.48. The van der Waals surface area contributed by atoms with E-state index in [9.17, 15) is 19.2 Å². The van der Waals surface area contributed by atoms with E-state index in [1.807, 2.05) is 76.9 Å². The topological polar surface area (TPSA) is 118 Å². The van der Waals surface area contributed by atoms with Crippen LogP contribution in [-0.2, 0) is 35.1 Å². The van der Waals surface area contributed by atoms with Gasteiger partial charge >= 0.3 is 0 Å². The van der Waals surface area contributed by atoms with E-state index in [-0.39, 0.29) is 66.1 Å². The summed E-state index contributed by atoms with van der Waals surface area (Å²) in [5.74, 6) is -1.14. The van der Waals surface area contributed by atoms with Crippen LogP contribution in [0.25, 0.3) is 0 Å². The van der Waals surface area contributed by atoms with E-state index >= 15 is 0 Å². The quantitative estimate of drug-likeness (QED) is 0.124. The van der Waals surface area contributed by atoms with Gasteiger partial charge in [-0.25, -0.2) is 4.98 Å². The minimum absolute atomic E-state index is 0.00408. The molecule has 1 aromatic carbocycles. The fourth-order valence-corrected chi connectivity index (χ4v) is 9.22. The van der Waals surface area contributed by atoms with Crippen LogP contribution in [0.15, 0.2) is 41.9 Å². The molecule has 1 saturated heterocycles.